The summed E-state index contributed by atoms with van der Waals surface area (Å²) in [6, 6.07) is 2.73. The maximum atomic E-state index is 4.76. The minimum absolute atomic E-state index is 0. The number of aromatic nitrogens is 2. The Morgan fingerprint density at radius 2 is 2.09 bits per heavy atom. The van der Waals surface area contributed by atoms with Crippen LogP contribution < -0.4 is 10.6 Å². The number of nitrogens with zero attached hydrogens (tertiary/aromatic N) is 3. The Morgan fingerprint density at radius 1 is 1.39 bits per heavy atom. The maximum Gasteiger partial charge on any atom is 0.191 e. The second kappa shape index (κ2) is 10.2. The summed E-state index contributed by atoms with van der Waals surface area (Å²) >= 11 is 0. The molecule has 0 aliphatic heterocycles. The Hall–Kier alpha value is -0.790. The fourth-order valence-electron chi connectivity index (χ4n) is 3.04. The van der Waals surface area contributed by atoms with Crippen LogP contribution in [0.3, 0.4) is 0 Å². The molecule has 2 N–H and O–H groups in total. The van der Waals surface area contributed by atoms with Crippen molar-refractivity contribution in [2.45, 2.75) is 66.0 Å². The van der Waals surface area contributed by atoms with Gasteiger partial charge in [0.05, 0.1) is 5.69 Å². The molecule has 1 aromatic heterocycles. The maximum absolute atomic E-state index is 4.76. The van der Waals surface area contributed by atoms with Crippen molar-refractivity contribution in [3.05, 3.63) is 17.5 Å². The van der Waals surface area contributed by atoms with Crippen molar-refractivity contribution in [3.63, 3.8) is 0 Å². The number of halogens is 1. The molecular weight excluding hydrogens is 401 g/mol. The summed E-state index contributed by atoms with van der Waals surface area (Å²) in [5, 5.41) is 11.5. The van der Waals surface area contributed by atoms with E-state index in [2.05, 4.69) is 47.3 Å². The summed E-state index contributed by atoms with van der Waals surface area (Å²) in [7, 11) is 0. The first-order valence-corrected chi connectivity index (χ1v) is 8.64. The van der Waals surface area contributed by atoms with E-state index in [1.54, 1.807) is 0 Å². The number of aryl methyl sites for hydroxylation is 2. The van der Waals surface area contributed by atoms with Crippen LogP contribution in [0.4, 0.5) is 0 Å². The van der Waals surface area contributed by atoms with Crippen LogP contribution in [0, 0.1) is 19.8 Å². The lowest BCUT2D eigenvalue weighted by Crippen LogP contribution is -2.42. The van der Waals surface area contributed by atoms with Gasteiger partial charge in [-0.05, 0) is 45.6 Å². The molecule has 1 unspecified atom stereocenters. The Labute approximate surface area is 157 Å². The summed E-state index contributed by atoms with van der Waals surface area (Å²) in [5.41, 5.74) is 2.31. The van der Waals surface area contributed by atoms with Crippen LogP contribution in [-0.4, -0.2) is 34.9 Å². The van der Waals surface area contributed by atoms with Gasteiger partial charge in [-0.3, -0.25) is 9.67 Å². The largest absolute Gasteiger partial charge is 0.357 e. The second-order valence-electron chi connectivity index (χ2n) is 6.56. The number of hydrogen-bond donors (Lipinski definition) is 2. The number of rotatable bonds is 6. The van der Waals surface area contributed by atoms with E-state index in [0.717, 1.165) is 31.3 Å². The fourth-order valence-corrected chi connectivity index (χ4v) is 3.04. The second-order valence-corrected chi connectivity index (χ2v) is 6.56. The molecule has 1 atom stereocenters. The number of aliphatic imine (C=N–C) groups is 1. The van der Waals surface area contributed by atoms with Crippen molar-refractivity contribution in [3.8, 4) is 0 Å². The van der Waals surface area contributed by atoms with E-state index >= 15 is 0 Å². The van der Waals surface area contributed by atoms with Gasteiger partial charge in [0.15, 0.2) is 5.96 Å². The lowest BCUT2D eigenvalue weighted by atomic mass is 10.2. The molecule has 1 aliphatic rings. The van der Waals surface area contributed by atoms with Gasteiger partial charge in [-0.25, -0.2) is 0 Å². The van der Waals surface area contributed by atoms with Gasteiger partial charge in [-0.15, -0.1) is 24.0 Å². The van der Waals surface area contributed by atoms with E-state index in [9.17, 15) is 0 Å². The van der Waals surface area contributed by atoms with Gasteiger partial charge in [-0.1, -0.05) is 19.8 Å². The van der Waals surface area contributed by atoms with Gasteiger partial charge in [-0.2, -0.15) is 5.10 Å². The van der Waals surface area contributed by atoms with Gasteiger partial charge in [0.25, 0.3) is 0 Å². The van der Waals surface area contributed by atoms with Crippen molar-refractivity contribution < 1.29 is 0 Å². The number of guanidine groups is 1. The molecule has 23 heavy (non-hydrogen) atoms. The van der Waals surface area contributed by atoms with E-state index < -0.39 is 0 Å². The summed E-state index contributed by atoms with van der Waals surface area (Å²) in [6.07, 6.45) is 5.22. The minimum Gasteiger partial charge on any atom is -0.357 e. The molecule has 0 amide bonds. The molecule has 1 fully saturated rings. The lowest BCUT2D eigenvalue weighted by Gasteiger charge is -2.18. The van der Waals surface area contributed by atoms with Crippen molar-refractivity contribution >= 4 is 29.9 Å². The molecule has 132 valence electrons. The SMILES string of the molecule is CCNC(=NCC(C)Cn1nc(C)cc1C)NC1CCCC1.I. The molecule has 0 spiro atoms. The quantitative estimate of drug-likeness (QED) is 0.412. The molecule has 6 heteroatoms. The van der Waals surface area contributed by atoms with Crippen LogP contribution in [0.5, 0.6) is 0 Å². The highest BCUT2D eigenvalue weighted by Gasteiger charge is 2.16. The average molecular weight is 433 g/mol. The van der Waals surface area contributed by atoms with Crippen molar-refractivity contribution in [2.24, 2.45) is 10.9 Å². The zero-order chi connectivity index (χ0) is 15.9. The van der Waals surface area contributed by atoms with Gasteiger partial charge in [0, 0.05) is 31.4 Å². The predicted octanol–water partition coefficient (Wildman–Crippen LogP) is 3.25. The third-order valence-corrected chi connectivity index (χ3v) is 4.19. The van der Waals surface area contributed by atoms with E-state index in [1.165, 1.54) is 31.4 Å². The Bertz CT molecular complexity index is 491. The Morgan fingerprint density at radius 3 is 2.65 bits per heavy atom. The van der Waals surface area contributed by atoms with Crippen LogP contribution in [0.25, 0.3) is 0 Å². The average Bonchev–Trinajstić information content (AvgIpc) is 3.07. The summed E-state index contributed by atoms with van der Waals surface area (Å²) in [6.45, 7) is 11.2. The molecule has 1 heterocycles. The summed E-state index contributed by atoms with van der Waals surface area (Å²) in [4.78, 5) is 4.76. The fraction of sp³-hybridized carbons (Fsp3) is 0.765. The number of hydrogen-bond acceptors (Lipinski definition) is 2. The van der Waals surface area contributed by atoms with Gasteiger partial charge in [0.2, 0.25) is 0 Å². The Kier molecular flexibility index (Phi) is 8.94. The van der Waals surface area contributed by atoms with Gasteiger partial charge >= 0.3 is 0 Å². The van der Waals surface area contributed by atoms with Crippen molar-refractivity contribution in [2.75, 3.05) is 13.1 Å². The highest BCUT2D eigenvalue weighted by atomic mass is 127. The monoisotopic (exact) mass is 433 g/mol. The topological polar surface area (TPSA) is 54.2 Å². The third kappa shape index (κ3) is 6.69. The molecule has 5 nitrogen and oxygen atoms in total. The van der Waals surface area contributed by atoms with E-state index in [-0.39, 0.29) is 24.0 Å². The molecule has 1 aliphatic carbocycles. The molecule has 0 radical (unpaired) electrons. The van der Waals surface area contributed by atoms with Crippen LogP contribution in [-0.2, 0) is 6.54 Å². The van der Waals surface area contributed by atoms with Crippen LogP contribution in [0.2, 0.25) is 0 Å². The minimum atomic E-state index is 0. The zero-order valence-corrected chi connectivity index (χ0v) is 17.3. The predicted molar refractivity (Wildman–Crippen MR) is 108 cm³/mol. The molecule has 0 bridgehead atoms. The molecule has 2 rings (SSSR count). The highest BCUT2D eigenvalue weighted by molar-refractivity contribution is 14.0. The molecular formula is C17H32IN5. The number of nitrogens with one attached hydrogen (secondary N) is 2. The first-order valence-electron chi connectivity index (χ1n) is 8.64. The normalized spacial score (nSPS) is 17.0. The summed E-state index contributed by atoms with van der Waals surface area (Å²) in [5.74, 6) is 1.44. The van der Waals surface area contributed by atoms with Crippen LogP contribution in [0.15, 0.2) is 11.1 Å². The van der Waals surface area contributed by atoms with Crippen molar-refractivity contribution in [1.29, 1.82) is 0 Å². The smallest absolute Gasteiger partial charge is 0.191 e. The first kappa shape index (κ1) is 20.3. The molecule has 1 saturated carbocycles. The molecule has 0 saturated heterocycles. The van der Waals surface area contributed by atoms with E-state index in [0.29, 0.717) is 12.0 Å². The van der Waals surface area contributed by atoms with Crippen LogP contribution in [0.1, 0.15) is 50.9 Å². The first-order chi connectivity index (χ1) is 10.6. The van der Waals surface area contributed by atoms with Gasteiger partial charge in [0.1, 0.15) is 0 Å². The molecule has 0 aromatic carbocycles. The van der Waals surface area contributed by atoms with E-state index in [1.807, 2.05) is 6.92 Å². The van der Waals surface area contributed by atoms with E-state index in [4.69, 9.17) is 4.99 Å². The van der Waals surface area contributed by atoms with Crippen LogP contribution >= 0.6 is 24.0 Å². The third-order valence-electron chi connectivity index (χ3n) is 4.19. The standard InChI is InChI=1S/C17H31N5.HI/c1-5-18-17(20-16-8-6-7-9-16)19-11-13(2)12-22-15(4)10-14(3)21-22;/h10,13,16H,5-9,11-12H2,1-4H3,(H2,18,19,20);1H. The lowest BCUT2D eigenvalue weighted by molar-refractivity contribution is 0.449. The Balaban J connectivity index is 0.00000264. The zero-order valence-electron chi connectivity index (χ0n) is 14.9. The van der Waals surface area contributed by atoms with Crippen molar-refractivity contribution in [1.82, 2.24) is 20.4 Å². The highest BCUT2D eigenvalue weighted by Crippen LogP contribution is 2.17. The molecule has 1 aromatic rings. The summed E-state index contributed by atoms with van der Waals surface area (Å²) < 4.78 is 2.09. The van der Waals surface area contributed by atoms with Gasteiger partial charge < -0.3 is 10.6 Å².